The Balaban J connectivity index is 2.19. The number of carbonyl (C=O) groups is 1. The molecule has 1 aromatic heterocycles. The molecule has 1 amide bonds. The summed E-state index contributed by atoms with van der Waals surface area (Å²) in [5.74, 6) is 5.11. The van der Waals surface area contributed by atoms with Crippen molar-refractivity contribution in [1.82, 2.24) is 9.59 Å². The number of benzene rings is 1. The molecule has 1 aromatic carbocycles. The fourth-order valence-electron chi connectivity index (χ4n) is 1.41. The van der Waals surface area contributed by atoms with E-state index in [0.717, 1.165) is 22.8 Å². The summed E-state index contributed by atoms with van der Waals surface area (Å²) in [4.78, 5) is 11.9. The molecule has 0 radical (unpaired) electrons. The Kier molecular flexibility index (Phi) is 3.31. The first kappa shape index (κ1) is 11.5. The first-order valence-electron chi connectivity index (χ1n) is 4.86. The average molecular weight is 249 g/mol. The number of carbonyl (C=O) groups excluding carboxylic acids is 1. The van der Waals surface area contributed by atoms with E-state index in [9.17, 15) is 4.79 Å². The van der Waals surface area contributed by atoms with Crippen LogP contribution in [-0.4, -0.2) is 15.5 Å². The summed E-state index contributed by atoms with van der Waals surface area (Å²) in [5.41, 5.74) is 4.73. The van der Waals surface area contributed by atoms with Crippen LogP contribution in [0.2, 0.25) is 0 Å². The molecule has 0 aliphatic carbocycles. The van der Waals surface area contributed by atoms with E-state index < -0.39 is 0 Å². The molecule has 2 aromatic rings. The van der Waals surface area contributed by atoms with E-state index in [4.69, 9.17) is 5.84 Å². The van der Waals surface area contributed by atoms with Gasteiger partial charge in [-0.3, -0.25) is 10.6 Å². The van der Waals surface area contributed by atoms with Crippen molar-refractivity contribution in [2.45, 2.75) is 6.92 Å². The van der Waals surface area contributed by atoms with Crippen LogP contribution in [0.25, 0.3) is 0 Å². The van der Waals surface area contributed by atoms with Crippen LogP contribution < -0.4 is 16.6 Å². The molecular weight excluding hydrogens is 238 g/mol. The SMILES string of the molecule is Cc1cc(NN)ccc1C(=O)Nc1cnns1. The maximum absolute atomic E-state index is 11.9. The highest BCUT2D eigenvalue weighted by atomic mass is 32.1. The molecule has 0 saturated heterocycles. The van der Waals surface area contributed by atoms with Crippen molar-refractivity contribution in [3.05, 3.63) is 35.5 Å². The molecule has 0 atom stereocenters. The smallest absolute Gasteiger partial charge is 0.256 e. The number of aryl methyl sites for hydroxylation is 1. The van der Waals surface area contributed by atoms with Crippen LogP contribution in [0.3, 0.4) is 0 Å². The van der Waals surface area contributed by atoms with Crippen LogP contribution in [0.15, 0.2) is 24.4 Å². The predicted molar refractivity (Wildman–Crippen MR) is 66.9 cm³/mol. The molecule has 6 nitrogen and oxygen atoms in total. The lowest BCUT2D eigenvalue weighted by Crippen LogP contribution is -2.13. The number of anilines is 2. The van der Waals surface area contributed by atoms with Crippen molar-refractivity contribution in [2.24, 2.45) is 5.84 Å². The minimum absolute atomic E-state index is 0.183. The van der Waals surface area contributed by atoms with E-state index >= 15 is 0 Å². The number of amides is 1. The summed E-state index contributed by atoms with van der Waals surface area (Å²) < 4.78 is 3.67. The Morgan fingerprint density at radius 2 is 2.29 bits per heavy atom. The van der Waals surface area contributed by atoms with Crippen molar-refractivity contribution in [1.29, 1.82) is 0 Å². The van der Waals surface area contributed by atoms with Crippen LogP contribution in [0.5, 0.6) is 0 Å². The summed E-state index contributed by atoms with van der Waals surface area (Å²) in [6.45, 7) is 1.85. The number of hydrogen-bond donors (Lipinski definition) is 3. The highest BCUT2D eigenvalue weighted by Gasteiger charge is 2.10. The third-order valence-corrected chi connectivity index (χ3v) is 2.82. The van der Waals surface area contributed by atoms with Crippen molar-refractivity contribution < 1.29 is 4.79 Å². The van der Waals surface area contributed by atoms with E-state index in [0.29, 0.717) is 10.6 Å². The van der Waals surface area contributed by atoms with Gasteiger partial charge in [0.15, 0.2) is 0 Å². The minimum atomic E-state index is -0.183. The number of nitrogens with zero attached hydrogens (tertiary/aromatic N) is 2. The lowest BCUT2D eigenvalue weighted by atomic mass is 10.1. The Morgan fingerprint density at radius 1 is 1.47 bits per heavy atom. The second-order valence-electron chi connectivity index (χ2n) is 3.41. The molecule has 2 rings (SSSR count). The van der Waals surface area contributed by atoms with E-state index in [1.165, 1.54) is 6.20 Å². The number of rotatable bonds is 3. The predicted octanol–water partition coefficient (Wildman–Crippen LogP) is 1.38. The molecule has 1 heterocycles. The lowest BCUT2D eigenvalue weighted by Gasteiger charge is -2.07. The van der Waals surface area contributed by atoms with E-state index in [-0.39, 0.29) is 5.91 Å². The summed E-state index contributed by atoms with van der Waals surface area (Å²) in [5, 5.41) is 6.99. The van der Waals surface area contributed by atoms with Crippen LogP contribution in [0, 0.1) is 6.92 Å². The normalized spacial score (nSPS) is 10.0. The van der Waals surface area contributed by atoms with Gasteiger partial charge in [0.1, 0.15) is 5.00 Å². The van der Waals surface area contributed by atoms with Crippen molar-refractivity contribution in [3.8, 4) is 0 Å². The second-order valence-corrected chi connectivity index (χ2v) is 4.20. The van der Waals surface area contributed by atoms with Crippen LogP contribution >= 0.6 is 11.5 Å². The van der Waals surface area contributed by atoms with Gasteiger partial charge in [0, 0.05) is 22.8 Å². The van der Waals surface area contributed by atoms with Gasteiger partial charge < -0.3 is 10.7 Å². The van der Waals surface area contributed by atoms with Gasteiger partial charge in [-0.15, -0.1) is 5.10 Å². The highest BCUT2D eigenvalue weighted by Crippen LogP contribution is 2.17. The number of nitrogens with two attached hydrogens (primary N) is 1. The Bertz CT molecular complexity index is 525. The van der Waals surface area contributed by atoms with Gasteiger partial charge in [-0.05, 0) is 30.7 Å². The molecular formula is C10H11N5OS. The standard InChI is InChI=1S/C10H11N5OS/c1-6-4-7(14-11)2-3-8(6)10(16)13-9-5-12-15-17-9/h2-5,14H,11H2,1H3,(H,13,16). The zero-order chi connectivity index (χ0) is 12.3. The molecule has 17 heavy (non-hydrogen) atoms. The molecule has 0 aliphatic rings. The van der Waals surface area contributed by atoms with Gasteiger partial charge in [-0.1, -0.05) is 4.49 Å². The highest BCUT2D eigenvalue weighted by molar-refractivity contribution is 7.10. The lowest BCUT2D eigenvalue weighted by molar-refractivity contribution is 0.102. The summed E-state index contributed by atoms with van der Waals surface area (Å²) in [6.07, 6.45) is 1.51. The fourth-order valence-corrected chi connectivity index (χ4v) is 1.82. The van der Waals surface area contributed by atoms with E-state index in [1.807, 2.05) is 6.92 Å². The second kappa shape index (κ2) is 4.89. The quantitative estimate of drug-likeness (QED) is 0.564. The maximum atomic E-state index is 11.9. The first-order chi connectivity index (χ1) is 8.20. The molecule has 0 fully saturated rings. The number of nitrogen functional groups attached to an aromatic ring is 1. The Labute approximate surface area is 102 Å². The van der Waals surface area contributed by atoms with Gasteiger partial charge in [-0.2, -0.15) is 0 Å². The van der Waals surface area contributed by atoms with Crippen LogP contribution in [0.4, 0.5) is 10.7 Å². The molecule has 0 saturated carbocycles. The van der Waals surface area contributed by atoms with Crippen LogP contribution in [-0.2, 0) is 0 Å². The molecule has 4 N–H and O–H groups in total. The average Bonchev–Trinajstić information content (AvgIpc) is 2.81. The monoisotopic (exact) mass is 249 g/mol. The summed E-state index contributed by atoms with van der Waals surface area (Å²) in [7, 11) is 0. The number of hydrazine groups is 1. The van der Waals surface area contributed by atoms with Gasteiger partial charge in [0.05, 0.1) is 6.20 Å². The summed E-state index contributed by atoms with van der Waals surface area (Å²) in [6, 6.07) is 5.26. The topological polar surface area (TPSA) is 92.9 Å². The first-order valence-corrected chi connectivity index (χ1v) is 5.64. The Morgan fingerprint density at radius 3 is 2.88 bits per heavy atom. The zero-order valence-corrected chi connectivity index (χ0v) is 9.91. The number of hydrogen-bond acceptors (Lipinski definition) is 6. The molecule has 0 spiro atoms. The van der Waals surface area contributed by atoms with E-state index in [2.05, 4.69) is 20.3 Å². The third kappa shape index (κ3) is 2.58. The molecule has 0 aliphatic heterocycles. The zero-order valence-electron chi connectivity index (χ0n) is 9.10. The third-order valence-electron chi connectivity index (χ3n) is 2.24. The Hall–Kier alpha value is -1.99. The molecule has 0 bridgehead atoms. The van der Waals surface area contributed by atoms with Gasteiger partial charge in [-0.25, -0.2) is 0 Å². The minimum Gasteiger partial charge on any atom is -0.324 e. The molecule has 88 valence electrons. The molecule has 0 unspecified atom stereocenters. The van der Waals surface area contributed by atoms with Crippen molar-refractivity contribution >= 4 is 28.1 Å². The van der Waals surface area contributed by atoms with Gasteiger partial charge in [0.2, 0.25) is 0 Å². The molecule has 7 heteroatoms. The number of nitrogens with one attached hydrogen (secondary N) is 2. The summed E-state index contributed by atoms with van der Waals surface area (Å²) >= 11 is 1.13. The number of aromatic nitrogens is 2. The van der Waals surface area contributed by atoms with Crippen LogP contribution in [0.1, 0.15) is 15.9 Å². The van der Waals surface area contributed by atoms with E-state index in [1.54, 1.807) is 18.2 Å². The largest absolute Gasteiger partial charge is 0.324 e. The van der Waals surface area contributed by atoms with Gasteiger partial charge in [0.25, 0.3) is 5.91 Å². The fraction of sp³-hybridized carbons (Fsp3) is 0.100. The van der Waals surface area contributed by atoms with Crippen molar-refractivity contribution in [3.63, 3.8) is 0 Å². The van der Waals surface area contributed by atoms with Crippen molar-refractivity contribution in [2.75, 3.05) is 10.7 Å². The maximum Gasteiger partial charge on any atom is 0.256 e. The van der Waals surface area contributed by atoms with Gasteiger partial charge >= 0.3 is 0 Å².